The van der Waals surface area contributed by atoms with Gasteiger partial charge in [-0.3, -0.25) is 4.79 Å². The lowest BCUT2D eigenvalue weighted by Crippen LogP contribution is -2.35. The fourth-order valence-corrected chi connectivity index (χ4v) is 1.66. The molecule has 0 aliphatic heterocycles. The van der Waals surface area contributed by atoms with Crippen LogP contribution in [0.3, 0.4) is 0 Å². The number of hydrogen-bond acceptors (Lipinski definition) is 6. The second-order valence-corrected chi connectivity index (χ2v) is 4.75. The Labute approximate surface area is 127 Å². The minimum Gasteiger partial charge on any atom is -0.452 e. The van der Waals surface area contributed by atoms with E-state index in [0.717, 1.165) is 12.1 Å². The smallest absolute Gasteiger partial charge is 0.338 e. The third kappa shape index (κ3) is 4.11. The summed E-state index contributed by atoms with van der Waals surface area (Å²) in [5.41, 5.74) is 1.07. The summed E-state index contributed by atoms with van der Waals surface area (Å²) in [7, 11) is 0. The molecule has 0 aliphatic rings. The first kappa shape index (κ1) is 15.6. The van der Waals surface area contributed by atoms with E-state index in [2.05, 4.69) is 20.8 Å². The van der Waals surface area contributed by atoms with Crippen molar-refractivity contribution in [3.8, 4) is 5.69 Å². The average molecular weight is 303 g/mol. The van der Waals surface area contributed by atoms with Gasteiger partial charge in [-0.05, 0) is 48.0 Å². The molecule has 0 bridgehead atoms. The molecule has 1 aromatic heterocycles. The summed E-state index contributed by atoms with van der Waals surface area (Å²) >= 11 is 0. The van der Waals surface area contributed by atoms with Crippen LogP contribution in [0.5, 0.6) is 0 Å². The van der Waals surface area contributed by atoms with Gasteiger partial charge < -0.3 is 10.1 Å². The molecular formula is C14H17N5O3. The Morgan fingerprint density at radius 2 is 2.05 bits per heavy atom. The fourth-order valence-electron chi connectivity index (χ4n) is 1.66. The van der Waals surface area contributed by atoms with E-state index in [0.29, 0.717) is 5.56 Å². The number of carbonyl (C=O) groups excluding carboxylic acids is 2. The molecule has 1 amide bonds. The molecule has 8 nitrogen and oxygen atoms in total. The largest absolute Gasteiger partial charge is 0.452 e. The van der Waals surface area contributed by atoms with Gasteiger partial charge in [-0.1, -0.05) is 6.92 Å². The third-order valence-electron chi connectivity index (χ3n) is 3.07. The van der Waals surface area contributed by atoms with Gasteiger partial charge in [0.15, 0.2) is 6.61 Å². The van der Waals surface area contributed by atoms with Gasteiger partial charge in [0, 0.05) is 6.04 Å². The van der Waals surface area contributed by atoms with E-state index in [4.69, 9.17) is 4.74 Å². The Kier molecular flexibility index (Phi) is 5.18. The summed E-state index contributed by atoms with van der Waals surface area (Å²) in [6, 6.07) is 6.61. The Hall–Kier alpha value is -2.77. The molecule has 1 heterocycles. The third-order valence-corrected chi connectivity index (χ3v) is 3.07. The highest BCUT2D eigenvalue weighted by atomic mass is 16.5. The van der Waals surface area contributed by atoms with Crippen LogP contribution in [-0.2, 0) is 9.53 Å². The lowest BCUT2D eigenvalue weighted by atomic mass is 10.2. The summed E-state index contributed by atoms with van der Waals surface area (Å²) in [5.74, 6) is -0.865. The van der Waals surface area contributed by atoms with E-state index in [-0.39, 0.29) is 18.6 Å². The van der Waals surface area contributed by atoms with Crippen molar-refractivity contribution >= 4 is 11.9 Å². The number of rotatable bonds is 6. The first-order chi connectivity index (χ1) is 10.6. The molecule has 1 aromatic carbocycles. The lowest BCUT2D eigenvalue weighted by Gasteiger charge is -2.11. The monoisotopic (exact) mass is 303 g/mol. The van der Waals surface area contributed by atoms with Gasteiger partial charge in [0.25, 0.3) is 5.91 Å². The summed E-state index contributed by atoms with van der Waals surface area (Å²) in [6.45, 7) is 3.55. The molecule has 1 N–H and O–H groups in total. The van der Waals surface area contributed by atoms with Crippen molar-refractivity contribution in [3.63, 3.8) is 0 Å². The molecule has 2 aromatic rings. The normalized spacial score (nSPS) is 11.7. The first-order valence-electron chi connectivity index (χ1n) is 6.90. The highest BCUT2D eigenvalue weighted by Gasteiger charge is 2.11. The van der Waals surface area contributed by atoms with E-state index < -0.39 is 5.97 Å². The van der Waals surface area contributed by atoms with Crippen LogP contribution in [0.2, 0.25) is 0 Å². The van der Waals surface area contributed by atoms with Crippen molar-refractivity contribution in [1.82, 2.24) is 25.5 Å². The van der Waals surface area contributed by atoms with Crippen LogP contribution in [0.25, 0.3) is 5.69 Å². The van der Waals surface area contributed by atoms with Gasteiger partial charge >= 0.3 is 5.97 Å². The molecule has 116 valence electrons. The molecule has 0 spiro atoms. The van der Waals surface area contributed by atoms with Crippen molar-refractivity contribution in [2.75, 3.05) is 6.61 Å². The molecule has 0 saturated heterocycles. The number of tetrazole rings is 1. The zero-order valence-electron chi connectivity index (χ0n) is 12.4. The van der Waals surface area contributed by atoms with Crippen molar-refractivity contribution in [3.05, 3.63) is 36.2 Å². The SMILES string of the molecule is CC[C@H](C)NC(=O)COC(=O)c1ccc(-n2cnnn2)cc1. The second-order valence-electron chi connectivity index (χ2n) is 4.75. The minimum absolute atomic E-state index is 0.0572. The number of nitrogens with zero attached hydrogens (tertiary/aromatic N) is 4. The minimum atomic E-state index is -0.553. The van der Waals surface area contributed by atoms with Crippen LogP contribution in [0.15, 0.2) is 30.6 Å². The van der Waals surface area contributed by atoms with E-state index >= 15 is 0 Å². The second kappa shape index (κ2) is 7.30. The summed E-state index contributed by atoms with van der Waals surface area (Å²) in [4.78, 5) is 23.4. The number of hydrogen-bond donors (Lipinski definition) is 1. The Balaban J connectivity index is 1.89. The van der Waals surface area contributed by atoms with E-state index in [1.165, 1.54) is 11.0 Å². The van der Waals surface area contributed by atoms with E-state index in [1.807, 2.05) is 13.8 Å². The van der Waals surface area contributed by atoms with Crippen LogP contribution in [0, 0.1) is 0 Å². The van der Waals surface area contributed by atoms with Crippen LogP contribution >= 0.6 is 0 Å². The Bertz CT molecular complexity index is 624. The molecule has 0 radical (unpaired) electrons. The number of esters is 1. The quantitative estimate of drug-likeness (QED) is 0.790. The number of amides is 1. The summed E-state index contributed by atoms with van der Waals surface area (Å²) in [5, 5.41) is 13.5. The van der Waals surface area contributed by atoms with Crippen molar-refractivity contribution < 1.29 is 14.3 Å². The van der Waals surface area contributed by atoms with Crippen molar-refractivity contribution in [2.45, 2.75) is 26.3 Å². The standard InChI is InChI=1S/C14H17N5O3/c1-3-10(2)16-13(20)8-22-14(21)11-4-6-12(7-5-11)19-9-15-17-18-19/h4-7,9-10H,3,8H2,1-2H3,(H,16,20)/t10-/m0/s1. The molecule has 0 saturated carbocycles. The molecular weight excluding hydrogens is 286 g/mol. The lowest BCUT2D eigenvalue weighted by molar-refractivity contribution is -0.124. The van der Waals surface area contributed by atoms with Crippen molar-refractivity contribution in [1.29, 1.82) is 0 Å². The maximum atomic E-state index is 11.9. The Morgan fingerprint density at radius 1 is 1.32 bits per heavy atom. The van der Waals surface area contributed by atoms with Crippen LogP contribution in [-0.4, -0.2) is 44.7 Å². The Morgan fingerprint density at radius 3 is 2.64 bits per heavy atom. The highest BCUT2D eigenvalue weighted by Crippen LogP contribution is 2.08. The van der Waals surface area contributed by atoms with Crippen LogP contribution in [0.4, 0.5) is 0 Å². The van der Waals surface area contributed by atoms with Gasteiger partial charge in [-0.2, -0.15) is 0 Å². The maximum Gasteiger partial charge on any atom is 0.338 e. The highest BCUT2D eigenvalue weighted by molar-refractivity contribution is 5.91. The summed E-state index contributed by atoms with van der Waals surface area (Å²) < 4.78 is 6.43. The molecule has 8 heteroatoms. The molecule has 0 fully saturated rings. The molecule has 0 unspecified atom stereocenters. The topological polar surface area (TPSA) is 99.0 Å². The maximum absolute atomic E-state index is 11.9. The summed E-state index contributed by atoms with van der Waals surface area (Å²) in [6.07, 6.45) is 2.27. The fraction of sp³-hybridized carbons (Fsp3) is 0.357. The predicted octanol–water partition coefficient (Wildman–Crippen LogP) is 0.734. The van der Waals surface area contributed by atoms with Crippen molar-refractivity contribution in [2.24, 2.45) is 0 Å². The number of nitrogens with one attached hydrogen (secondary N) is 1. The number of aromatic nitrogens is 4. The number of carbonyl (C=O) groups is 2. The molecule has 1 atom stereocenters. The van der Waals surface area contributed by atoms with Gasteiger partial charge in [-0.25, -0.2) is 9.48 Å². The number of ether oxygens (including phenoxy) is 1. The zero-order chi connectivity index (χ0) is 15.9. The van der Waals surface area contributed by atoms with Crippen LogP contribution < -0.4 is 5.32 Å². The zero-order valence-corrected chi connectivity index (χ0v) is 12.4. The van der Waals surface area contributed by atoms with Gasteiger partial charge in [0.2, 0.25) is 0 Å². The average Bonchev–Trinajstić information content (AvgIpc) is 3.07. The van der Waals surface area contributed by atoms with E-state index in [9.17, 15) is 9.59 Å². The molecule has 2 rings (SSSR count). The molecule has 22 heavy (non-hydrogen) atoms. The van der Waals surface area contributed by atoms with Gasteiger partial charge in [0.1, 0.15) is 6.33 Å². The van der Waals surface area contributed by atoms with E-state index in [1.54, 1.807) is 24.3 Å². The molecule has 0 aliphatic carbocycles. The van der Waals surface area contributed by atoms with Gasteiger partial charge in [0.05, 0.1) is 11.3 Å². The first-order valence-corrected chi connectivity index (χ1v) is 6.90. The van der Waals surface area contributed by atoms with Crippen LogP contribution in [0.1, 0.15) is 30.6 Å². The predicted molar refractivity (Wildman–Crippen MR) is 77.3 cm³/mol. The van der Waals surface area contributed by atoms with Gasteiger partial charge in [-0.15, -0.1) is 5.10 Å². The number of benzene rings is 1.